The van der Waals surface area contributed by atoms with Gasteiger partial charge in [-0.25, -0.2) is 0 Å². The molecule has 0 saturated carbocycles. The van der Waals surface area contributed by atoms with E-state index in [9.17, 15) is 9.00 Å². The fourth-order valence-electron chi connectivity index (χ4n) is 5.05. The van der Waals surface area contributed by atoms with Crippen molar-refractivity contribution in [2.45, 2.75) is 23.5 Å². The van der Waals surface area contributed by atoms with Gasteiger partial charge in [0.2, 0.25) is 0 Å². The van der Waals surface area contributed by atoms with Crippen molar-refractivity contribution in [1.29, 1.82) is 0 Å². The number of rotatable bonds is 1. The molecule has 2 aromatic heterocycles. The van der Waals surface area contributed by atoms with Gasteiger partial charge in [0.1, 0.15) is 0 Å². The molecule has 2 aromatic carbocycles. The Bertz CT molecular complexity index is 1440. The van der Waals surface area contributed by atoms with E-state index in [1.807, 2.05) is 41.4 Å². The topological polar surface area (TPSA) is 66.1 Å². The maximum absolute atomic E-state index is 13.3. The molecule has 6 heteroatoms. The second kappa shape index (κ2) is 8.12. The number of amides is 1. The summed E-state index contributed by atoms with van der Waals surface area (Å²) < 4.78 is 13.1. The molecule has 0 spiro atoms. The highest BCUT2D eigenvalue weighted by Gasteiger charge is 2.28. The second-order valence-corrected chi connectivity index (χ2v) is 9.96. The molecule has 1 saturated heterocycles. The average Bonchev–Trinajstić information content (AvgIpc) is 3.30. The van der Waals surface area contributed by atoms with E-state index in [4.69, 9.17) is 0 Å². The van der Waals surface area contributed by atoms with Gasteiger partial charge in [-0.15, -0.1) is 0 Å². The number of carbonyl (C=O) groups excluding carboxylic acids is 1. The van der Waals surface area contributed by atoms with E-state index in [1.165, 1.54) is 16.7 Å². The zero-order chi connectivity index (χ0) is 22.4. The van der Waals surface area contributed by atoms with Gasteiger partial charge in [0.15, 0.2) is 0 Å². The quantitative estimate of drug-likeness (QED) is 0.445. The lowest BCUT2D eigenvalue weighted by Crippen LogP contribution is -2.36. The van der Waals surface area contributed by atoms with Gasteiger partial charge in [-0.05, 0) is 47.2 Å². The number of likely N-dealkylation sites (tertiary alicyclic amines) is 1. The summed E-state index contributed by atoms with van der Waals surface area (Å²) in [5, 5.41) is 0.945. The normalized spacial score (nSPS) is 18.1. The van der Waals surface area contributed by atoms with Gasteiger partial charge in [-0.3, -0.25) is 14.0 Å². The lowest BCUT2D eigenvalue weighted by atomic mass is 9.86. The summed E-state index contributed by atoms with van der Waals surface area (Å²) >= 11 is 0. The number of pyridine rings is 1. The van der Waals surface area contributed by atoms with Gasteiger partial charge in [-0.2, -0.15) is 0 Å². The van der Waals surface area contributed by atoms with Crippen molar-refractivity contribution >= 4 is 33.2 Å². The van der Waals surface area contributed by atoms with Crippen LogP contribution >= 0.6 is 0 Å². The third kappa shape index (κ3) is 3.42. The number of fused-ring (bicyclic) bond motifs is 3. The van der Waals surface area contributed by atoms with Crippen molar-refractivity contribution in [1.82, 2.24) is 14.9 Å². The molecule has 33 heavy (non-hydrogen) atoms. The van der Waals surface area contributed by atoms with Crippen LogP contribution in [0.2, 0.25) is 0 Å². The van der Waals surface area contributed by atoms with Crippen molar-refractivity contribution in [3.63, 3.8) is 0 Å². The van der Waals surface area contributed by atoms with Crippen LogP contribution in [0, 0.1) is 0 Å². The lowest BCUT2D eigenvalue weighted by molar-refractivity contribution is 0.0745. The van der Waals surface area contributed by atoms with Crippen LogP contribution < -0.4 is 0 Å². The third-order valence-electron chi connectivity index (χ3n) is 6.68. The zero-order valence-electron chi connectivity index (χ0n) is 18.1. The number of benzene rings is 2. The summed E-state index contributed by atoms with van der Waals surface area (Å²) in [6.07, 6.45) is 6.86. The fraction of sp³-hybridized carbons (Fsp3) is 0.185. The molecule has 6 rings (SSSR count). The van der Waals surface area contributed by atoms with Crippen molar-refractivity contribution in [3.8, 4) is 0 Å². The number of nitrogens with zero attached hydrogens (tertiary/aromatic N) is 2. The number of piperidine rings is 1. The third-order valence-corrected chi connectivity index (χ3v) is 8.10. The molecule has 5 nitrogen and oxygen atoms in total. The standard InChI is InChI=1S/C27H23N3O2S/c31-27(23-16-28-15-19-9-12-29-26(19)23)30-13-10-18(11-14-30)25-21-6-2-1-5-20(21)17-33(32)24-8-4-3-7-22(24)25/h1-9,12,15-16,29H,10-11,13-14,17H2. The molecule has 0 aliphatic carbocycles. The van der Waals surface area contributed by atoms with Gasteiger partial charge < -0.3 is 9.88 Å². The van der Waals surface area contributed by atoms with E-state index >= 15 is 0 Å². The zero-order valence-corrected chi connectivity index (χ0v) is 18.9. The summed E-state index contributed by atoms with van der Waals surface area (Å²) in [7, 11) is -1.08. The van der Waals surface area contributed by atoms with E-state index in [2.05, 4.69) is 34.2 Å². The first-order chi connectivity index (χ1) is 16.2. The largest absolute Gasteiger partial charge is 0.360 e. The van der Waals surface area contributed by atoms with Gasteiger partial charge >= 0.3 is 0 Å². The maximum atomic E-state index is 13.3. The van der Waals surface area contributed by atoms with E-state index < -0.39 is 10.8 Å². The van der Waals surface area contributed by atoms with Crippen molar-refractivity contribution in [3.05, 3.63) is 101 Å². The predicted octanol–water partition coefficient (Wildman–Crippen LogP) is 4.92. The van der Waals surface area contributed by atoms with Gasteiger partial charge in [0.25, 0.3) is 5.91 Å². The number of H-pyrrole nitrogens is 1. The number of aromatic nitrogens is 2. The molecular weight excluding hydrogens is 430 g/mol. The molecule has 1 N–H and O–H groups in total. The molecule has 1 unspecified atom stereocenters. The van der Waals surface area contributed by atoms with Crippen LogP contribution in [0.25, 0.3) is 16.5 Å². The maximum Gasteiger partial charge on any atom is 0.257 e. The summed E-state index contributed by atoms with van der Waals surface area (Å²) in [6, 6.07) is 18.3. The lowest BCUT2D eigenvalue weighted by Gasteiger charge is -2.30. The fourth-order valence-corrected chi connectivity index (χ4v) is 6.38. The number of hydrogen-bond acceptors (Lipinski definition) is 3. The Morgan fingerprint density at radius 1 is 0.939 bits per heavy atom. The Kier molecular flexibility index (Phi) is 4.95. The molecule has 0 bridgehead atoms. The molecule has 1 fully saturated rings. The van der Waals surface area contributed by atoms with Crippen LogP contribution in [0.3, 0.4) is 0 Å². The number of hydrogen-bond donors (Lipinski definition) is 1. The molecule has 4 heterocycles. The number of nitrogens with one attached hydrogen (secondary N) is 1. The molecule has 2 aliphatic heterocycles. The molecule has 4 aromatic rings. The first kappa shape index (κ1) is 20.1. The van der Waals surface area contributed by atoms with Crippen molar-refractivity contribution < 1.29 is 9.00 Å². The average molecular weight is 454 g/mol. The minimum atomic E-state index is -1.08. The minimum Gasteiger partial charge on any atom is -0.360 e. The van der Waals surface area contributed by atoms with Crippen LogP contribution in [0.1, 0.15) is 39.9 Å². The van der Waals surface area contributed by atoms with Crippen molar-refractivity contribution in [2.24, 2.45) is 0 Å². The Morgan fingerprint density at radius 2 is 1.70 bits per heavy atom. The van der Waals surface area contributed by atoms with E-state index in [0.717, 1.165) is 39.8 Å². The van der Waals surface area contributed by atoms with Crippen LogP contribution in [0.15, 0.2) is 83.7 Å². The molecule has 164 valence electrons. The molecule has 0 radical (unpaired) electrons. The van der Waals surface area contributed by atoms with Crippen LogP contribution in [-0.4, -0.2) is 38.1 Å². The smallest absolute Gasteiger partial charge is 0.257 e. The second-order valence-electron chi connectivity index (χ2n) is 8.54. The highest BCUT2D eigenvalue weighted by atomic mass is 32.2. The summed E-state index contributed by atoms with van der Waals surface area (Å²) in [5.74, 6) is 0.546. The Morgan fingerprint density at radius 3 is 2.55 bits per heavy atom. The molecule has 1 atom stereocenters. The number of carbonyl (C=O) groups is 1. The monoisotopic (exact) mass is 453 g/mol. The molecule has 2 aliphatic rings. The SMILES string of the molecule is O=C(c1cncc2cc[nH]c12)N1CCC(=C2c3ccccc3CS(=O)c3ccccc32)CC1. The van der Waals surface area contributed by atoms with Crippen LogP contribution in [0.4, 0.5) is 0 Å². The molecular formula is C27H23N3O2S. The Hall–Kier alpha value is -3.51. The first-order valence-electron chi connectivity index (χ1n) is 11.2. The summed E-state index contributed by atoms with van der Waals surface area (Å²) in [4.78, 5) is 23.6. The van der Waals surface area contributed by atoms with Crippen molar-refractivity contribution in [2.75, 3.05) is 13.1 Å². The van der Waals surface area contributed by atoms with Gasteiger partial charge in [0.05, 0.1) is 27.6 Å². The van der Waals surface area contributed by atoms with E-state index in [1.54, 1.807) is 12.4 Å². The van der Waals surface area contributed by atoms with Gasteiger partial charge in [-0.1, -0.05) is 48.0 Å². The first-order valence-corrected chi connectivity index (χ1v) is 12.5. The highest BCUT2D eigenvalue weighted by Crippen LogP contribution is 2.40. The van der Waals surface area contributed by atoms with E-state index in [0.29, 0.717) is 24.4 Å². The Balaban J connectivity index is 1.37. The number of aromatic amines is 1. The van der Waals surface area contributed by atoms with Crippen LogP contribution in [-0.2, 0) is 16.6 Å². The molecule has 1 amide bonds. The van der Waals surface area contributed by atoms with E-state index in [-0.39, 0.29) is 5.91 Å². The Labute approximate surface area is 194 Å². The van der Waals surface area contributed by atoms with Gasteiger partial charge in [0, 0.05) is 42.0 Å². The summed E-state index contributed by atoms with van der Waals surface area (Å²) in [5.41, 5.74) is 7.35. The predicted molar refractivity (Wildman–Crippen MR) is 130 cm³/mol. The van der Waals surface area contributed by atoms with Crippen LogP contribution in [0.5, 0.6) is 0 Å². The minimum absolute atomic E-state index is 0.0161. The summed E-state index contributed by atoms with van der Waals surface area (Å²) in [6.45, 7) is 1.31. The highest BCUT2D eigenvalue weighted by molar-refractivity contribution is 7.84.